The molecule has 8 heteroatoms. The number of nitro groups is 1. The van der Waals surface area contributed by atoms with Gasteiger partial charge in [0.15, 0.2) is 0 Å². The number of methoxy groups -OCH3 is 1. The minimum Gasteiger partial charge on any atom is -0.465 e. The fourth-order valence-corrected chi connectivity index (χ4v) is 1.98. The molecule has 0 saturated heterocycles. The standard InChI is InChI=1S/C17H12N2O6/c1-24-16(20)13-6-14(8-15(7-13)19(22)23)17(21)25-10-12-4-2-11(9-18)3-5-12/h2-8H,10H2,1H3. The molecule has 0 N–H and O–H groups in total. The molecule has 0 saturated carbocycles. The van der Waals surface area contributed by atoms with Crippen molar-refractivity contribution in [1.82, 2.24) is 0 Å². The Kier molecular flexibility index (Phi) is 5.43. The first kappa shape index (κ1) is 17.6. The Morgan fingerprint density at radius 1 is 1.12 bits per heavy atom. The van der Waals surface area contributed by atoms with Crippen molar-refractivity contribution in [2.75, 3.05) is 7.11 Å². The van der Waals surface area contributed by atoms with E-state index in [4.69, 9.17) is 10.00 Å². The van der Waals surface area contributed by atoms with Crippen molar-refractivity contribution in [2.45, 2.75) is 6.61 Å². The minimum atomic E-state index is -0.821. The number of nitro benzene ring substituents is 1. The summed E-state index contributed by atoms with van der Waals surface area (Å²) in [6.45, 7) is -0.0825. The molecule has 0 fully saturated rings. The van der Waals surface area contributed by atoms with E-state index in [1.54, 1.807) is 24.3 Å². The average molecular weight is 340 g/mol. The molecule has 2 rings (SSSR count). The smallest absolute Gasteiger partial charge is 0.338 e. The van der Waals surface area contributed by atoms with Crippen molar-refractivity contribution in [3.63, 3.8) is 0 Å². The summed E-state index contributed by atoms with van der Waals surface area (Å²) in [5, 5.41) is 19.7. The van der Waals surface area contributed by atoms with E-state index >= 15 is 0 Å². The summed E-state index contributed by atoms with van der Waals surface area (Å²) in [7, 11) is 1.13. The molecule has 0 aliphatic heterocycles. The van der Waals surface area contributed by atoms with Gasteiger partial charge >= 0.3 is 11.9 Å². The minimum absolute atomic E-state index is 0.0825. The molecule has 8 nitrogen and oxygen atoms in total. The Hall–Kier alpha value is -3.73. The zero-order valence-corrected chi connectivity index (χ0v) is 13.1. The normalized spacial score (nSPS) is 9.76. The highest BCUT2D eigenvalue weighted by atomic mass is 16.6. The third-order valence-electron chi connectivity index (χ3n) is 3.24. The topological polar surface area (TPSA) is 120 Å². The monoisotopic (exact) mass is 340 g/mol. The van der Waals surface area contributed by atoms with Crippen molar-refractivity contribution in [2.24, 2.45) is 0 Å². The Labute approximate surface area is 142 Å². The molecule has 0 unspecified atom stereocenters. The molecule has 0 atom stereocenters. The third-order valence-corrected chi connectivity index (χ3v) is 3.24. The van der Waals surface area contributed by atoms with Crippen LogP contribution in [-0.4, -0.2) is 24.0 Å². The van der Waals surface area contributed by atoms with E-state index in [9.17, 15) is 19.7 Å². The van der Waals surface area contributed by atoms with Crippen LogP contribution < -0.4 is 0 Å². The number of nitriles is 1. The van der Waals surface area contributed by atoms with Crippen LogP contribution in [-0.2, 0) is 16.1 Å². The molecular formula is C17H12N2O6. The second kappa shape index (κ2) is 7.70. The molecular weight excluding hydrogens is 328 g/mol. The summed E-state index contributed by atoms with van der Waals surface area (Å²) in [5.41, 5.74) is 0.431. The number of nitrogens with zero attached hydrogens (tertiary/aromatic N) is 2. The predicted molar refractivity (Wildman–Crippen MR) is 84.7 cm³/mol. The summed E-state index contributed by atoms with van der Waals surface area (Å²) in [5.74, 6) is -1.62. The van der Waals surface area contributed by atoms with Gasteiger partial charge in [-0.2, -0.15) is 5.26 Å². The maximum atomic E-state index is 12.1. The van der Waals surface area contributed by atoms with Crippen LogP contribution in [0.1, 0.15) is 31.8 Å². The molecule has 0 aromatic heterocycles. The molecule has 0 aliphatic rings. The number of carbonyl (C=O) groups is 2. The van der Waals surface area contributed by atoms with Crippen LogP contribution >= 0.6 is 0 Å². The van der Waals surface area contributed by atoms with Gasteiger partial charge in [0.2, 0.25) is 0 Å². The molecule has 0 spiro atoms. The van der Waals surface area contributed by atoms with Crippen LogP contribution in [0.2, 0.25) is 0 Å². The first-order valence-electron chi connectivity index (χ1n) is 6.98. The molecule has 0 amide bonds. The molecule has 25 heavy (non-hydrogen) atoms. The van der Waals surface area contributed by atoms with Crippen LogP contribution in [0.3, 0.4) is 0 Å². The number of carbonyl (C=O) groups excluding carboxylic acids is 2. The molecule has 0 bridgehead atoms. The summed E-state index contributed by atoms with van der Waals surface area (Å²) < 4.78 is 9.61. The number of rotatable bonds is 5. The maximum Gasteiger partial charge on any atom is 0.338 e. The molecule has 2 aromatic carbocycles. The Bertz CT molecular complexity index is 868. The van der Waals surface area contributed by atoms with E-state index in [0.29, 0.717) is 11.1 Å². The summed E-state index contributed by atoms with van der Waals surface area (Å²) in [6.07, 6.45) is 0. The fourth-order valence-electron chi connectivity index (χ4n) is 1.98. The number of hydrogen-bond donors (Lipinski definition) is 0. The third kappa shape index (κ3) is 4.39. The van der Waals surface area contributed by atoms with Crippen molar-refractivity contribution in [3.05, 3.63) is 74.8 Å². The molecule has 0 heterocycles. The Morgan fingerprint density at radius 2 is 1.72 bits per heavy atom. The van der Waals surface area contributed by atoms with Crippen LogP contribution in [0.5, 0.6) is 0 Å². The summed E-state index contributed by atoms with van der Waals surface area (Å²) in [6, 6.07) is 11.6. The van der Waals surface area contributed by atoms with Crippen LogP contribution in [0.25, 0.3) is 0 Å². The van der Waals surface area contributed by atoms with E-state index in [1.165, 1.54) is 6.07 Å². The van der Waals surface area contributed by atoms with Crippen molar-refractivity contribution in [1.29, 1.82) is 5.26 Å². The number of ether oxygens (including phenoxy) is 2. The highest BCUT2D eigenvalue weighted by Gasteiger charge is 2.19. The zero-order valence-electron chi connectivity index (χ0n) is 13.1. The molecule has 2 aromatic rings. The van der Waals surface area contributed by atoms with Crippen molar-refractivity contribution in [3.8, 4) is 6.07 Å². The predicted octanol–water partition coefficient (Wildman–Crippen LogP) is 2.61. The second-order valence-corrected chi connectivity index (χ2v) is 4.90. The van der Waals surface area contributed by atoms with Crippen molar-refractivity contribution < 1.29 is 24.0 Å². The fraction of sp³-hybridized carbons (Fsp3) is 0.118. The second-order valence-electron chi connectivity index (χ2n) is 4.90. The van der Waals surface area contributed by atoms with Gasteiger partial charge in [-0.1, -0.05) is 12.1 Å². The van der Waals surface area contributed by atoms with E-state index in [0.717, 1.165) is 19.2 Å². The van der Waals surface area contributed by atoms with E-state index in [-0.39, 0.29) is 17.7 Å². The lowest BCUT2D eigenvalue weighted by atomic mass is 10.1. The van der Waals surface area contributed by atoms with Gasteiger partial charge < -0.3 is 9.47 Å². The van der Waals surface area contributed by atoms with Gasteiger partial charge in [-0.3, -0.25) is 10.1 Å². The first-order valence-corrected chi connectivity index (χ1v) is 6.98. The quantitative estimate of drug-likeness (QED) is 0.466. The van der Waals surface area contributed by atoms with Gasteiger partial charge in [-0.25, -0.2) is 9.59 Å². The molecule has 0 aliphatic carbocycles. The number of esters is 2. The lowest BCUT2D eigenvalue weighted by molar-refractivity contribution is -0.384. The molecule has 0 radical (unpaired) electrons. The number of hydrogen-bond acceptors (Lipinski definition) is 7. The van der Waals surface area contributed by atoms with Crippen LogP contribution in [0, 0.1) is 21.4 Å². The SMILES string of the molecule is COC(=O)c1cc(C(=O)OCc2ccc(C#N)cc2)cc([N+](=O)[O-])c1. The summed E-state index contributed by atoms with van der Waals surface area (Å²) >= 11 is 0. The Morgan fingerprint density at radius 3 is 2.24 bits per heavy atom. The van der Waals surface area contributed by atoms with Crippen LogP contribution in [0.4, 0.5) is 5.69 Å². The maximum absolute atomic E-state index is 12.1. The number of benzene rings is 2. The highest BCUT2D eigenvalue weighted by molar-refractivity contribution is 5.96. The van der Waals surface area contributed by atoms with Gasteiger partial charge in [-0.05, 0) is 23.8 Å². The Balaban J connectivity index is 2.19. The van der Waals surface area contributed by atoms with Gasteiger partial charge in [0.1, 0.15) is 6.61 Å². The van der Waals surface area contributed by atoms with Gasteiger partial charge in [-0.15, -0.1) is 0 Å². The summed E-state index contributed by atoms with van der Waals surface area (Å²) in [4.78, 5) is 33.9. The largest absolute Gasteiger partial charge is 0.465 e. The van der Waals surface area contributed by atoms with E-state index < -0.39 is 22.5 Å². The van der Waals surface area contributed by atoms with Gasteiger partial charge in [0, 0.05) is 12.1 Å². The van der Waals surface area contributed by atoms with E-state index in [2.05, 4.69) is 4.74 Å². The van der Waals surface area contributed by atoms with Gasteiger partial charge in [0.05, 0.1) is 34.8 Å². The lowest BCUT2D eigenvalue weighted by Crippen LogP contribution is -2.09. The zero-order chi connectivity index (χ0) is 18.4. The van der Waals surface area contributed by atoms with E-state index in [1.807, 2.05) is 6.07 Å². The molecule has 126 valence electrons. The lowest BCUT2D eigenvalue weighted by Gasteiger charge is -2.07. The van der Waals surface area contributed by atoms with Crippen LogP contribution in [0.15, 0.2) is 42.5 Å². The highest BCUT2D eigenvalue weighted by Crippen LogP contribution is 2.19. The first-order chi connectivity index (χ1) is 11.9. The average Bonchev–Trinajstić information content (AvgIpc) is 2.65. The number of non-ortho nitro benzene ring substituents is 1. The van der Waals surface area contributed by atoms with Gasteiger partial charge in [0.25, 0.3) is 5.69 Å². The van der Waals surface area contributed by atoms with Crippen molar-refractivity contribution >= 4 is 17.6 Å².